The van der Waals surface area contributed by atoms with Crippen LogP contribution in [-0.2, 0) is 14.3 Å². The molecule has 2 rings (SSSR count). The molecule has 1 fully saturated rings. The summed E-state index contributed by atoms with van der Waals surface area (Å²) < 4.78 is 5.54. The van der Waals surface area contributed by atoms with Gasteiger partial charge in [-0.05, 0) is 37.0 Å². The Bertz CT molecular complexity index is 650. The van der Waals surface area contributed by atoms with Crippen LogP contribution in [0.3, 0.4) is 0 Å². The number of allylic oxidation sites excluding steroid dienone is 1. The van der Waals surface area contributed by atoms with Crippen LogP contribution in [0.2, 0.25) is 5.02 Å². The molecule has 0 unspecified atom stereocenters. The fourth-order valence-electron chi connectivity index (χ4n) is 2.75. The van der Waals surface area contributed by atoms with Crippen molar-refractivity contribution < 1.29 is 14.3 Å². The lowest BCUT2D eigenvalue weighted by atomic mass is 10.1. The molecule has 1 aromatic carbocycles. The van der Waals surface area contributed by atoms with Crippen LogP contribution in [0.25, 0.3) is 5.57 Å². The van der Waals surface area contributed by atoms with E-state index in [1.807, 2.05) is 25.1 Å². The highest BCUT2D eigenvalue weighted by Gasteiger charge is 2.23. The molecule has 25 heavy (non-hydrogen) atoms. The van der Waals surface area contributed by atoms with Crippen molar-refractivity contribution in [3.8, 4) is 0 Å². The van der Waals surface area contributed by atoms with Gasteiger partial charge < -0.3 is 9.64 Å². The van der Waals surface area contributed by atoms with Crippen LogP contribution < -0.4 is 0 Å². The number of benzene rings is 1. The minimum absolute atomic E-state index is 0.0914. The van der Waals surface area contributed by atoms with Crippen molar-refractivity contribution in [1.29, 1.82) is 0 Å². The summed E-state index contributed by atoms with van der Waals surface area (Å²) in [6.45, 7) is 3.77. The summed E-state index contributed by atoms with van der Waals surface area (Å²) in [5, 5.41) is 0.614. The van der Waals surface area contributed by atoms with E-state index in [9.17, 15) is 9.59 Å². The number of nitrogens with zero attached hydrogens (tertiary/aromatic N) is 2. The van der Waals surface area contributed by atoms with Gasteiger partial charge in [0.05, 0.1) is 6.54 Å². The normalized spacial score (nSPS) is 16.6. The highest BCUT2D eigenvalue weighted by molar-refractivity contribution is 6.32. The molecule has 1 amide bonds. The molecule has 1 aromatic rings. The summed E-state index contributed by atoms with van der Waals surface area (Å²) in [6.07, 6.45) is 2.87. The van der Waals surface area contributed by atoms with Crippen LogP contribution in [0.15, 0.2) is 30.3 Å². The number of likely N-dealkylation sites (N-methyl/N-ethyl adjacent to an activating group) is 1. The van der Waals surface area contributed by atoms with E-state index in [4.69, 9.17) is 16.3 Å². The van der Waals surface area contributed by atoms with Crippen LogP contribution in [0.5, 0.6) is 0 Å². The first-order valence-corrected chi connectivity index (χ1v) is 8.81. The molecule has 0 aromatic heterocycles. The van der Waals surface area contributed by atoms with E-state index in [0.29, 0.717) is 11.6 Å². The Morgan fingerprint density at radius 3 is 2.52 bits per heavy atom. The molecular weight excluding hydrogens is 340 g/mol. The smallest absolute Gasteiger partial charge is 0.331 e. The fraction of sp³-hybridized carbons (Fsp3) is 0.474. The van der Waals surface area contributed by atoms with E-state index in [1.165, 1.54) is 6.08 Å². The lowest BCUT2D eigenvalue weighted by Gasteiger charge is -2.31. The monoisotopic (exact) mass is 364 g/mol. The van der Waals surface area contributed by atoms with Crippen molar-refractivity contribution in [2.24, 2.45) is 0 Å². The lowest BCUT2D eigenvalue weighted by Crippen LogP contribution is -2.43. The molecule has 5 nitrogen and oxygen atoms in total. The second-order valence-corrected chi connectivity index (χ2v) is 6.91. The van der Waals surface area contributed by atoms with E-state index in [2.05, 4.69) is 4.90 Å². The van der Waals surface area contributed by atoms with Gasteiger partial charge in [-0.3, -0.25) is 9.69 Å². The molecule has 1 aliphatic heterocycles. The molecule has 1 aliphatic rings. The number of rotatable bonds is 5. The standard InChI is InChI=1S/C19H25ClN2O3/c1-14(16-6-4-5-7-17(16)20)12-19(24)25-15-8-10-22(11-9-15)13-18(23)21(2)3/h4-7,12,15H,8-11,13H2,1-3H3/b14-12-. The van der Waals surface area contributed by atoms with Gasteiger partial charge in [0.1, 0.15) is 6.10 Å². The first-order chi connectivity index (χ1) is 11.9. The number of piperidine rings is 1. The number of hydrogen-bond donors (Lipinski definition) is 0. The second kappa shape index (κ2) is 9.02. The van der Waals surface area contributed by atoms with Gasteiger partial charge in [0.15, 0.2) is 0 Å². The highest BCUT2D eigenvalue weighted by atomic mass is 35.5. The van der Waals surface area contributed by atoms with Crippen molar-refractivity contribution in [2.75, 3.05) is 33.7 Å². The zero-order valence-corrected chi connectivity index (χ0v) is 15.8. The zero-order chi connectivity index (χ0) is 18.4. The number of esters is 1. The second-order valence-electron chi connectivity index (χ2n) is 6.51. The highest BCUT2D eigenvalue weighted by Crippen LogP contribution is 2.23. The van der Waals surface area contributed by atoms with Crippen LogP contribution in [0.1, 0.15) is 25.3 Å². The summed E-state index contributed by atoms with van der Waals surface area (Å²) in [4.78, 5) is 27.6. The number of ether oxygens (including phenoxy) is 1. The third kappa shape index (κ3) is 5.87. The predicted molar refractivity (Wildman–Crippen MR) is 99.4 cm³/mol. The minimum Gasteiger partial charge on any atom is -0.459 e. The van der Waals surface area contributed by atoms with Gasteiger partial charge in [0, 0.05) is 38.3 Å². The molecule has 0 bridgehead atoms. The average Bonchev–Trinajstić information content (AvgIpc) is 2.56. The van der Waals surface area contributed by atoms with Crippen molar-refractivity contribution in [3.63, 3.8) is 0 Å². The Morgan fingerprint density at radius 2 is 1.92 bits per heavy atom. The maximum Gasteiger partial charge on any atom is 0.331 e. The first kappa shape index (κ1) is 19.5. The molecule has 0 radical (unpaired) electrons. The Hall–Kier alpha value is -1.85. The average molecular weight is 365 g/mol. The molecule has 0 spiro atoms. The quantitative estimate of drug-likeness (QED) is 0.595. The summed E-state index contributed by atoms with van der Waals surface area (Å²) in [6, 6.07) is 7.41. The molecule has 136 valence electrons. The number of hydrogen-bond acceptors (Lipinski definition) is 4. The summed E-state index contributed by atoms with van der Waals surface area (Å²) in [5.74, 6) is -0.256. The van der Waals surface area contributed by atoms with Crippen LogP contribution in [0.4, 0.5) is 0 Å². The van der Waals surface area contributed by atoms with Crippen LogP contribution in [-0.4, -0.2) is 61.5 Å². The molecule has 0 N–H and O–H groups in total. The van der Waals surface area contributed by atoms with Crippen molar-refractivity contribution in [2.45, 2.75) is 25.9 Å². The van der Waals surface area contributed by atoms with Gasteiger partial charge in [0.25, 0.3) is 0 Å². The summed E-state index contributed by atoms with van der Waals surface area (Å²) >= 11 is 6.14. The SMILES string of the molecule is C/C(=C/C(=O)OC1CCN(CC(=O)N(C)C)CC1)c1ccccc1Cl. The number of carbonyl (C=O) groups excluding carboxylic acids is 2. The van der Waals surface area contributed by atoms with Gasteiger partial charge in [-0.2, -0.15) is 0 Å². The molecule has 0 aliphatic carbocycles. The number of likely N-dealkylation sites (tertiary alicyclic amines) is 1. The number of amides is 1. The zero-order valence-electron chi connectivity index (χ0n) is 15.0. The third-order valence-electron chi connectivity index (χ3n) is 4.31. The van der Waals surface area contributed by atoms with Gasteiger partial charge >= 0.3 is 5.97 Å². The summed E-state index contributed by atoms with van der Waals surface area (Å²) in [7, 11) is 3.51. The van der Waals surface area contributed by atoms with E-state index < -0.39 is 0 Å². The van der Waals surface area contributed by atoms with Crippen molar-refractivity contribution >= 4 is 29.1 Å². The molecule has 1 saturated heterocycles. The largest absolute Gasteiger partial charge is 0.459 e. The fourth-order valence-corrected chi connectivity index (χ4v) is 3.04. The summed E-state index contributed by atoms with van der Waals surface area (Å²) in [5.41, 5.74) is 1.61. The molecule has 6 heteroatoms. The topological polar surface area (TPSA) is 49.9 Å². The van der Waals surface area contributed by atoms with Gasteiger partial charge in [0.2, 0.25) is 5.91 Å². The lowest BCUT2D eigenvalue weighted by molar-refractivity contribution is -0.145. The van der Waals surface area contributed by atoms with Gasteiger partial charge in [-0.15, -0.1) is 0 Å². The minimum atomic E-state index is -0.347. The van der Waals surface area contributed by atoms with Crippen molar-refractivity contribution in [3.05, 3.63) is 40.9 Å². The number of halogens is 1. The van der Waals surface area contributed by atoms with Gasteiger partial charge in [-0.1, -0.05) is 29.8 Å². The Kier molecular flexibility index (Phi) is 7.02. The van der Waals surface area contributed by atoms with E-state index in [0.717, 1.165) is 37.1 Å². The Balaban J connectivity index is 1.83. The predicted octanol–water partition coefficient (Wildman–Crippen LogP) is 2.84. The molecule has 0 atom stereocenters. The maximum absolute atomic E-state index is 12.1. The molecule has 1 heterocycles. The molecule has 0 saturated carbocycles. The number of carbonyl (C=O) groups is 2. The van der Waals surface area contributed by atoms with Gasteiger partial charge in [-0.25, -0.2) is 4.79 Å². The third-order valence-corrected chi connectivity index (χ3v) is 4.64. The van der Waals surface area contributed by atoms with E-state index in [-0.39, 0.29) is 18.0 Å². The van der Waals surface area contributed by atoms with Crippen LogP contribution in [0, 0.1) is 0 Å². The Labute approximate surface area is 154 Å². The maximum atomic E-state index is 12.1. The van der Waals surface area contributed by atoms with Crippen LogP contribution >= 0.6 is 11.6 Å². The van der Waals surface area contributed by atoms with E-state index >= 15 is 0 Å². The van der Waals surface area contributed by atoms with Crippen molar-refractivity contribution in [1.82, 2.24) is 9.80 Å². The first-order valence-electron chi connectivity index (χ1n) is 8.43. The Morgan fingerprint density at radius 1 is 1.28 bits per heavy atom. The van der Waals surface area contributed by atoms with E-state index in [1.54, 1.807) is 25.1 Å². The molecular formula is C19H25ClN2O3.